The first-order valence-corrected chi connectivity index (χ1v) is 21.9. The molecular weight excluding hydrogens is 755 g/mol. The third-order valence-electron chi connectivity index (χ3n) is 13.3. The van der Waals surface area contributed by atoms with Gasteiger partial charge in [-0.1, -0.05) is 200 Å². The first-order valence-electron chi connectivity index (χ1n) is 21.1. The minimum atomic E-state index is -0.474. The zero-order valence-electron chi connectivity index (χ0n) is 33.2. The van der Waals surface area contributed by atoms with E-state index in [1.807, 2.05) is 11.8 Å². The van der Waals surface area contributed by atoms with Gasteiger partial charge in [-0.15, -0.1) is 0 Å². The summed E-state index contributed by atoms with van der Waals surface area (Å²) in [6, 6.07) is 83.5. The van der Waals surface area contributed by atoms with Crippen LogP contribution in [0.15, 0.2) is 234 Å². The number of nitrogens with zero attached hydrogens (tertiary/aromatic N) is 1. The van der Waals surface area contributed by atoms with E-state index in [2.05, 4.69) is 229 Å². The molecule has 1 heterocycles. The van der Waals surface area contributed by atoms with E-state index in [1.54, 1.807) is 0 Å². The molecular formula is C59H37NS. The van der Waals surface area contributed by atoms with Crippen molar-refractivity contribution in [2.24, 2.45) is 0 Å². The summed E-state index contributed by atoms with van der Waals surface area (Å²) in [5.74, 6) is 0. The highest BCUT2D eigenvalue weighted by Crippen LogP contribution is 2.63. The molecule has 0 radical (unpaired) electrons. The van der Waals surface area contributed by atoms with Gasteiger partial charge in [0.2, 0.25) is 0 Å². The molecule has 0 saturated carbocycles. The summed E-state index contributed by atoms with van der Waals surface area (Å²) < 4.78 is 0. The number of fused-ring (bicyclic) bond motifs is 8. The molecule has 0 N–H and O–H groups in total. The van der Waals surface area contributed by atoms with Crippen LogP contribution in [0.3, 0.4) is 0 Å². The molecule has 284 valence electrons. The van der Waals surface area contributed by atoms with Gasteiger partial charge < -0.3 is 4.90 Å². The molecule has 1 spiro atoms. The summed E-state index contributed by atoms with van der Waals surface area (Å²) in [5, 5.41) is 10.4. The van der Waals surface area contributed by atoms with Gasteiger partial charge in [-0.25, -0.2) is 0 Å². The van der Waals surface area contributed by atoms with Crippen LogP contribution in [0.2, 0.25) is 0 Å². The topological polar surface area (TPSA) is 3.24 Å². The van der Waals surface area contributed by atoms with E-state index < -0.39 is 5.41 Å². The number of benzene rings is 11. The normalized spacial score (nSPS) is 13.3. The zero-order valence-corrected chi connectivity index (χ0v) is 34.0. The maximum atomic E-state index is 2.48. The lowest BCUT2D eigenvalue weighted by atomic mass is 9.67. The lowest BCUT2D eigenvalue weighted by Crippen LogP contribution is -2.32. The summed E-state index contributed by atoms with van der Waals surface area (Å²) in [4.78, 5) is 5.05. The number of rotatable bonds is 5. The lowest BCUT2D eigenvalue weighted by Gasteiger charge is -2.41. The van der Waals surface area contributed by atoms with Crippen molar-refractivity contribution in [3.05, 3.63) is 247 Å². The summed E-state index contributed by atoms with van der Waals surface area (Å²) >= 11 is 1.91. The van der Waals surface area contributed by atoms with Gasteiger partial charge in [0.1, 0.15) is 0 Å². The van der Waals surface area contributed by atoms with Gasteiger partial charge >= 0.3 is 0 Å². The first kappa shape index (κ1) is 34.5. The molecule has 11 aromatic rings. The summed E-state index contributed by atoms with van der Waals surface area (Å²) in [6.45, 7) is 0. The Morgan fingerprint density at radius 2 is 0.770 bits per heavy atom. The molecule has 2 aliphatic rings. The Kier molecular flexibility index (Phi) is 7.52. The molecule has 0 fully saturated rings. The van der Waals surface area contributed by atoms with Crippen LogP contribution in [0.4, 0.5) is 17.1 Å². The second kappa shape index (κ2) is 13.3. The maximum absolute atomic E-state index is 2.48. The third-order valence-corrected chi connectivity index (χ3v) is 14.5. The van der Waals surface area contributed by atoms with Crippen molar-refractivity contribution in [3.8, 4) is 22.3 Å². The smallest absolute Gasteiger partial charge is 0.0736 e. The largest absolute Gasteiger partial charge is 0.309 e. The van der Waals surface area contributed by atoms with Gasteiger partial charge in [0.15, 0.2) is 0 Å². The quantitative estimate of drug-likeness (QED) is 0.160. The summed E-state index contributed by atoms with van der Waals surface area (Å²) in [6.07, 6.45) is 0. The third kappa shape index (κ3) is 4.97. The van der Waals surface area contributed by atoms with Crippen LogP contribution in [0.1, 0.15) is 22.3 Å². The minimum Gasteiger partial charge on any atom is -0.309 e. The predicted molar refractivity (Wildman–Crippen MR) is 258 cm³/mol. The fraction of sp³-hybridized carbons (Fsp3) is 0.0169. The molecule has 61 heavy (non-hydrogen) atoms. The Morgan fingerprint density at radius 3 is 1.36 bits per heavy atom. The molecule has 1 nitrogen and oxygen atoms in total. The maximum Gasteiger partial charge on any atom is 0.0736 e. The minimum absolute atomic E-state index is 0.474. The standard InChI is InChI=1S/C59H37NS/c1-3-18-46-38(12-1)14-7-20-48(46)40-30-34-44(35-31-40)60(45-36-32-41(33-37-45)49-21-8-15-39-13-2-4-19-47(39)49)54-26-11-25-53-58(54)61-55-27-6-5-22-50(55)59(53)51-23-9-16-42-28-29-43-17-10-24-52(59)57(43)56(42)51/h1-37H. The Bertz CT molecular complexity index is 3370. The van der Waals surface area contributed by atoms with Crippen LogP contribution in [0, 0.1) is 0 Å². The van der Waals surface area contributed by atoms with Gasteiger partial charge in [-0.2, -0.15) is 0 Å². The molecule has 0 aromatic heterocycles. The average molecular weight is 792 g/mol. The second-order valence-electron chi connectivity index (χ2n) is 16.4. The predicted octanol–water partition coefficient (Wildman–Crippen LogP) is 16.3. The molecule has 0 saturated heterocycles. The number of hydrogen-bond donors (Lipinski definition) is 0. The van der Waals surface area contributed by atoms with Crippen molar-refractivity contribution in [3.63, 3.8) is 0 Å². The highest BCUT2D eigenvalue weighted by atomic mass is 32.2. The van der Waals surface area contributed by atoms with Crippen molar-refractivity contribution in [1.82, 2.24) is 0 Å². The van der Waals surface area contributed by atoms with Crippen LogP contribution in [0.25, 0.3) is 65.3 Å². The Labute approximate surface area is 359 Å². The van der Waals surface area contributed by atoms with Crippen molar-refractivity contribution < 1.29 is 0 Å². The molecule has 1 aliphatic heterocycles. The van der Waals surface area contributed by atoms with E-state index in [-0.39, 0.29) is 0 Å². The zero-order chi connectivity index (χ0) is 40.1. The Morgan fingerprint density at radius 1 is 0.328 bits per heavy atom. The molecule has 2 heteroatoms. The molecule has 13 rings (SSSR count). The van der Waals surface area contributed by atoms with E-state index in [1.165, 1.54) is 103 Å². The van der Waals surface area contributed by atoms with Crippen LogP contribution in [-0.4, -0.2) is 0 Å². The fourth-order valence-corrected chi connectivity index (χ4v) is 12.0. The Balaban J connectivity index is 1.04. The highest BCUT2D eigenvalue weighted by molar-refractivity contribution is 7.99. The number of anilines is 3. The van der Waals surface area contributed by atoms with E-state index in [0.29, 0.717) is 0 Å². The van der Waals surface area contributed by atoms with Gasteiger partial charge in [-0.3, -0.25) is 0 Å². The van der Waals surface area contributed by atoms with Crippen LogP contribution in [0.5, 0.6) is 0 Å². The van der Waals surface area contributed by atoms with Crippen molar-refractivity contribution in [1.29, 1.82) is 0 Å². The van der Waals surface area contributed by atoms with Crippen molar-refractivity contribution in [2.45, 2.75) is 15.2 Å². The highest BCUT2D eigenvalue weighted by Gasteiger charge is 2.50. The van der Waals surface area contributed by atoms with Crippen molar-refractivity contribution in [2.75, 3.05) is 4.90 Å². The van der Waals surface area contributed by atoms with Gasteiger partial charge in [0.05, 0.1) is 11.1 Å². The van der Waals surface area contributed by atoms with Gasteiger partial charge in [0, 0.05) is 21.2 Å². The molecule has 0 bridgehead atoms. The monoisotopic (exact) mass is 791 g/mol. The molecule has 1 aliphatic carbocycles. The second-order valence-corrected chi connectivity index (χ2v) is 17.4. The van der Waals surface area contributed by atoms with E-state index in [4.69, 9.17) is 0 Å². The average Bonchev–Trinajstić information content (AvgIpc) is 3.63. The molecule has 0 amide bonds. The van der Waals surface area contributed by atoms with Crippen LogP contribution < -0.4 is 4.90 Å². The molecule has 0 atom stereocenters. The van der Waals surface area contributed by atoms with Gasteiger partial charge in [-0.05, 0) is 124 Å². The SMILES string of the molecule is c1ccc2c(c1)Sc1c(N(c3ccc(-c4cccc5ccccc45)cc3)c3ccc(-c4cccc5ccccc45)cc3)cccc1C21c2cccc3ccc4cccc1c4c23. The molecule has 11 aromatic carbocycles. The van der Waals surface area contributed by atoms with Crippen LogP contribution in [-0.2, 0) is 5.41 Å². The van der Waals surface area contributed by atoms with E-state index in [0.717, 1.165) is 11.4 Å². The Hall–Kier alpha value is -7.39. The van der Waals surface area contributed by atoms with Crippen molar-refractivity contribution >= 4 is 71.9 Å². The van der Waals surface area contributed by atoms with Crippen LogP contribution >= 0.6 is 11.8 Å². The van der Waals surface area contributed by atoms with Gasteiger partial charge in [0.25, 0.3) is 0 Å². The number of hydrogen-bond acceptors (Lipinski definition) is 2. The van der Waals surface area contributed by atoms with E-state index >= 15 is 0 Å². The summed E-state index contributed by atoms with van der Waals surface area (Å²) in [7, 11) is 0. The fourth-order valence-electron chi connectivity index (χ4n) is 10.7. The van der Waals surface area contributed by atoms with E-state index in [9.17, 15) is 0 Å². The molecule has 0 unspecified atom stereocenters. The lowest BCUT2D eigenvalue weighted by molar-refractivity contribution is 0.725. The summed E-state index contributed by atoms with van der Waals surface area (Å²) in [5.41, 5.74) is 13.2. The first-order chi connectivity index (χ1) is 30.3.